The van der Waals surface area contributed by atoms with Crippen molar-refractivity contribution in [3.8, 4) is 11.6 Å². The molecule has 0 saturated heterocycles. The van der Waals surface area contributed by atoms with Crippen LogP contribution in [0.5, 0.6) is 0 Å². The summed E-state index contributed by atoms with van der Waals surface area (Å²) in [5, 5.41) is 1.00. The minimum atomic E-state index is 0.602. The number of fused-ring (bicyclic) bond motifs is 1. The molecule has 1 N–H and O–H groups in total. The standard InChI is InChI=1S/C10H7N3O/c1-2-8(14-5-1)10-12-6-7-3-4-11-9(7)13-10/h1-6H,(H,11,12,13). The van der Waals surface area contributed by atoms with Crippen molar-refractivity contribution in [2.45, 2.75) is 0 Å². The van der Waals surface area contributed by atoms with Crippen LogP contribution in [0.4, 0.5) is 0 Å². The smallest absolute Gasteiger partial charge is 0.197 e. The Balaban J connectivity index is 2.23. The Kier molecular flexibility index (Phi) is 1.41. The second-order valence-corrected chi connectivity index (χ2v) is 2.95. The molecule has 0 atom stereocenters. The summed E-state index contributed by atoms with van der Waals surface area (Å²) in [6.07, 6.45) is 5.22. The van der Waals surface area contributed by atoms with Crippen molar-refractivity contribution in [3.05, 3.63) is 36.9 Å². The molecule has 0 spiro atoms. The van der Waals surface area contributed by atoms with Gasteiger partial charge in [0.2, 0.25) is 0 Å². The molecule has 0 saturated carbocycles. The Hall–Kier alpha value is -2.10. The summed E-state index contributed by atoms with van der Waals surface area (Å²) in [5.74, 6) is 1.28. The minimum Gasteiger partial charge on any atom is -0.461 e. The first-order chi connectivity index (χ1) is 6.93. The van der Waals surface area contributed by atoms with E-state index in [4.69, 9.17) is 4.42 Å². The van der Waals surface area contributed by atoms with Crippen molar-refractivity contribution in [2.24, 2.45) is 0 Å². The first-order valence-corrected chi connectivity index (χ1v) is 4.27. The largest absolute Gasteiger partial charge is 0.461 e. The van der Waals surface area contributed by atoms with Crippen molar-refractivity contribution < 1.29 is 4.42 Å². The highest BCUT2D eigenvalue weighted by Crippen LogP contribution is 2.17. The van der Waals surface area contributed by atoms with E-state index in [1.807, 2.05) is 24.4 Å². The summed E-state index contributed by atoms with van der Waals surface area (Å²) in [6, 6.07) is 5.59. The van der Waals surface area contributed by atoms with Gasteiger partial charge >= 0.3 is 0 Å². The molecule has 3 rings (SSSR count). The van der Waals surface area contributed by atoms with Gasteiger partial charge in [-0.25, -0.2) is 9.97 Å². The van der Waals surface area contributed by atoms with Gasteiger partial charge in [-0.05, 0) is 18.2 Å². The van der Waals surface area contributed by atoms with Gasteiger partial charge in [0.1, 0.15) is 5.65 Å². The molecule has 0 aliphatic carbocycles. The van der Waals surface area contributed by atoms with Crippen molar-refractivity contribution >= 4 is 11.0 Å². The average molecular weight is 185 g/mol. The van der Waals surface area contributed by atoms with Gasteiger partial charge in [-0.1, -0.05) is 0 Å². The highest BCUT2D eigenvalue weighted by molar-refractivity contribution is 5.75. The van der Waals surface area contributed by atoms with E-state index >= 15 is 0 Å². The van der Waals surface area contributed by atoms with Crippen LogP contribution < -0.4 is 0 Å². The first kappa shape index (κ1) is 7.32. The predicted octanol–water partition coefficient (Wildman–Crippen LogP) is 2.22. The van der Waals surface area contributed by atoms with Crippen molar-refractivity contribution in [1.29, 1.82) is 0 Å². The molecular weight excluding hydrogens is 178 g/mol. The fourth-order valence-electron chi connectivity index (χ4n) is 1.36. The molecule has 68 valence electrons. The van der Waals surface area contributed by atoms with Gasteiger partial charge in [-0.15, -0.1) is 0 Å². The van der Waals surface area contributed by atoms with E-state index in [0.29, 0.717) is 11.6 Å². The number of nitrogens with one attached hydrogen (secondary N) is 1. The fraction of sp³-hybridized carbons (Fsp3) is 0. The summed E-state index contributed by atoms with van der Waals surface area (Å²) < 4.78 is 5.21. The monoisotopic (exact) mass is 185 g/mol. The number of aromatic amines is 1. The van der Waals surface area contributed by atoms with Crippen LogP contribution in [-0.4, -0.2) is 15.0 Å². The number of nitrogens with zero attached hydrogens (tertiary/aromatic N) is 2. The quantitative estimate of drug-likeness (QED) is 0.632. The van der Waals surface area contributed by atoms with Gasteiger partial charge in [-0.3, -0.25) is 0 Å². The normalized spacial score (nSPS) is 10.9. The van der Waals surface area contributed by atoms with Crippen LogP contribution in [0.3, 0.4) is 0 Å². The first-order valence-electron chi connectivity index (χ1n) is 4.27. The SMILES string of the molecule is c1coc(-c2ncc3cc[nH]c3n2)c1. The van der Waals surface area contributed by atoms with Crippen LogP contribution in [0.2, 0.25) is 0 Å². The molecule has 14 heavy (non-hydrogen) atoms. The van der Waals surface area contributed by atoms with Gasteiger partial charge in [0, 0.05) is 17.8 Å². The maximum absolute atomic E-state index is 5.21. The maximum Gasteiger partial charge on any atom is 0.197 e. The van der Waals surface area contributed by atoms with Crippen molar-refractivity contribution in [1.82, 2.24) is 15.0 Å². The Morgan fingerprint density at radius 3 is 3.14 bits per heavy atom. The molecule has 0 fully saturated rings. The van der Waals surface area contributed by atoms with Crippen LogP contribution in [0, 0.1) is 0 Å². The highest BCUT2D eigenvalue weighted by Gasteiger charge is 2.05. The van der Waals surface area contributed by atoms with E-state index in [1.165, 1.54) is 0 Å². The van der Waals surface area contributed by atoms with E-state index in [-0.39, 0.29) is 0 Å². The van der Waals surface area contributed by atoms with Crippen molar-refractivity contribution in [2.75, 3.05) is 0 Å². The van der Waals surface area contributed by atoms with Crippen LogP contribution in [0.15, 0.2) is 41.3 Å². The lowest BCUT2D eigenvalue weighted by Crippen LogP contribution is -1.86. The number of hydrogen-bond donors (Lipinski definition) is 1. The molecular formula is C10H7N3O. The number of rotatable bonds is 1. The van der Waals surface area contributed by atoms with Gasteiger partial charge in [0.15, 0.2) is 11.6 Å². The highest BCUT2D eigenvalue weighted by atomic mass is 16.3. The van der Waals surface area contributed by atoms with Crippen LogP contribution in [0.25, 0.3) is 22.6 Å². The van der Waals surface area contributed by atoms with Crippen molar-refractivity contribution in [3.63, 3.8) is 0 Å². The molecule has 0 amide bonds. The molecule has 3 aromatic rings. The number of aromatic nitrogens is 3. The van der Waals surface area contributed by atoms with E-state index < -0.39 is 0 Å². The maximum atomic E-state index is 5.21. The van der Waals surface area contributed by atoms with Crippen LogP contribution >= 0.6 is 0 Å². The topological polar surface area (TPSA) is 54.7 Å². The Morgan fingerprint density at radius 2 is 2.29 bits per heavy atom. The molecule has 3 aromatic heterocycles. The second-order valence-electron chi connectivity index (χ2n) is 2.95. The second kappa shape index (κ2) is 2.70. The summed E-state index contributed by atoms with van der Waals surface area (Å²) in [5.41, 5.74) is 0.825. The van der Waals surface area contributed by atoms with E-state index in [1.54, 1.807) is 12.5 Å². The summed E-state index contributed by atoms with van der Waals surface area (Å²) in [6.45, 7) is 0. The lowest BCUT2D eigenvalue weighted by Gasteiger charge is -1.94. The van der Waals surface area contributed by atoms with Gasteiger partial charge in [0.05, 0.1) is 6.26 Å². The van der Waals surface area contributed by atoms with E-state index in [9.17, 15) is 0 Å². The van der Waals surface area contributed by atoms with Gasteiger partial charge in [0.25, 0.3) is 0 Å². The number of H-pyrrole nitrogens is 1. The van der Waals surface area contributed by atoms with Crippen LogP contribution in [0.1, 0.15) is 0 Å². The molecule has 0 aliphatic heterocycles. The number of furan rings is 1. The average Bonchev–Trinajstić information content (AvgIpc) is 2.88. The lowest BCUT2D eigenvalue weighted by atomic mass is 10.4. The summed E-state index contributed by atoms with van der Waals surface area (Å²) in [4.78, 5) is 11.5. The Labute approximate surface area is 79.6 Å². The number of hydrogen-bond acceptors (Lipinski definition) is 3. The third-order valence-corrected chi connectivity index (χ3v) is 2.04. The summed E-state index contributed by atoms with van der Waals surface area (Å²) >= 11 is 0. The fourth-order valence-corrected chi connectivity index (χ4v) is 1.36. The molecule has 0 radical (unpaired) electrons. The molecule has 0 aliphatic rings. The third-order valence-electron chi connectivity index (χ3n) is 2.04. The molecule has 0 bridgehead atoms. The predicted molar refractivity (Wildman–Crippen MR) is 51.6 cm³/mol. The Bertz CT molecular complexity index is 554. The summed E-state index contributed by atoms with van der Waals surface area (Å²) in [7, 11) is 0. The molecule has 0 unspecified atom stereocenters. The van der Waals surface area contributed by atoms with Gasteiger partial charge in [-0.2, -0.15) is 0 Å². The minimum absolute atomic E-state index is 0.602. The zero-order valence-corrected chi connectivity index (χ0v) is 7.27. The lowest BCUT2D eigenvalue weighted by molar-refractivity contribution is 0.577. The molecule has 4 nitrogen and oxygen atoms in total. The third kappa shape index (κ3) is 1.01. The molecule has 0 aromatic carbocycles. The zero-order valence-electron chi connectivity index (χ0n) is 7.27. The Morgan fingerprint density at radius 1 is 1.29 bits per heavy atom. The molecule has 3 heterocycles. The van der Waals surface area contributed by atoms with E-state index in [2.05, 4.69) is 15.0 Å². The van der Waals surface area contributed by atoms with E-state index in [0.717, 1.165) is 11.0 Å². The zero-order chi connectivity index (χ0) is 9.38. The van der Waals surface area contributed by atoms with Crippen LogP contribution in [-0.2, 0) is 0 Å². The van der Waals surface area contributed by atoms with Gasteiger partial charge < -0.3 is 9.40 Å². The molecule has 4 heteroatoms.